The molecule has 32 heavy (non-hydrogen) atoms. The number of anilines is 1. The van der Waals surface area contributed by atoms with Crippen molar-refractivity contribution in [2.24, 2.45) is 11.7 Å². The Morgan fingerprint density at radius 3 is 2.69 bits per heavy atom. The van der Waals surface area contributed by atoms with E-state index in [2.05, 4.69) is 9.71 Å². The first-order chi connectivity index (χ1) is 15.4. The zero-order valence-corrected chi connectivity index (χ0v) is 19.0. The molecule has 1 aliphatic carbocycles. The first-order valence-corrected chi connectivity index (χ1v) is 11.9. The molecule has 10 heteroatoms. The summed E-state index contributed by atoms with van der Waals surface area (Å²) in [5.41, 5.74) is 9.09. The third kappa shape index (κ3) is 5.40. The number of aromatic nitrogens is 1. The molecule has 0 fully saturated rings. The number of nitrogens with two attached hydrogens (primary N) is 1. The van der Waals surface area contributed by atoms with Gasteiger partial charge in [-0.3, -0.25) is 0 Å². The van der Waals surface area contributed by atoms with E-state index in [1.165, 1.54) is 35.6 Å². The van der Waals surface area contributed by atoms with E-state index in [-0.39, 0.29) is 29.3 Å². The molecule has 1 heterocycles. The summed E-state index contributed by atoms with van der Waals surface area (Å²) >= 11 is 8.79. The van der Waals surface area contributed by atoms with Crippen LogP contribution in [0.15, 0.2) is 52.2 Å². The second kappa shape index (κ2) is 10.2. The van der Waals surface area contributed by atoms with Crippen molar-refractivity contribution in [1.82, 2.24) is 4.98 Å². The summed E-state index contributed by atoms with van der Waals surface area (Å²) in [5, 5.41) is 2.04. The second-order valence-corrected chi connectivity index (χ2v) is 9.24. The van der Waals surface area contributed by atoms with Crippen molar-refractivity contribution in [3.8, 4) is 5.75 Å². The predicted octanol–water partition coefficient (Wildman–Crippen LogP) is 6.53. The highest BCUT2D eigenvalue weighted by Crippen LogP contribution is 2.36. The van der Waals surface area contributed by atoms with E-state index >= 15 is 0 Å². The molecule has 168 valence electrons. The minimum absolute atomic E-state index is 0.0911. The Balaban J connectivity index is 1.49. The summed E-state index contributed by atoms with van der Waals surface area (Å²) in [6.45, 7) is 0.0911. The Morgan fingerprint density at radius 2 is 1.97 bits per heavy atom. The van der Waals surface area contributed by atoms with E-state index in [0.29, 0.717) is 34.7 Å². The fraction of sp³-hybridized carbons (Fsp3) is 0.227. The van der Waals surface area contributed by atoms with Gasteiger partial charge in [0.1, 0.15) is 29.0 Å². The predicted molar refractivity (Wildman–Crippen MR) is 124 cm³/mol. The first-order valence-electron chi connectivity index (χ1n) is 9.75. The fourth-order valence-electron chi connectivity index (χ4n) is 3.53. The Hall–Kier alpha value is -2.20. The Bertz CT molecular complexity index is 1110. The first kappa shape index (κ1) is 23.0. The number of nitrogens with one attached hydrogen (secondary N) is 1. The minimum Gasteiger partial charge on any atom is -0.491 e. The van der Waals surface area contributed by atoms with Crippen LogP contribution in [0.25, 0.3) is 5.57 Å². The van der Waals surface area contributed by atoms with Crippen LogP contribution >= 0.6 is 34.9 Å². The van der Waals surface area contributed by atoms with Crippen molar-refractivity contribution in [2.75, 3.05) is 11.3 Å². The molecule has 0 bridgehead atoms. The van der Waals surface area contributed by atoms with Gasteiger partial charge in [-0.2, -0.15) is 0 Å². The third-order valence-electron chi connectivity index (χ3n) is 5.08. The molecule has 0 amide bonds. The molecule has 0 saturated heterocycles. The largest absolute Gasteiger partial charge is 0.491 e. The SMILES string of the molecule is NC1CCC=C(c2cc(F)cc(F)c2)C1COc1cc(F)c(SNc2cscn2)cc1Cl. The van der Waals surface area contributed by atoms with Gasteiger partial charge in [0.15, 0.2) is 0 Å². The molecule has 2 atom stereocenters. The number of benzene rings is 2. The second-order valence-electron chi connectivity index (χ2n) is 7.27. The van der Waals surface area contributed by atoms with Crippen molar-refractivity contribution in [3.05, 3.63) is 75.3 Å². The van der Waals surface area contributed by atoms with Gasteiger partial charge in [0.05, 0.1) is 22.0 Å². The minimum atomic E-state index is -0.663. The van der Waals surface area contributed by atoms with Gasteiger partial charge in [-0.15, -0.1) is 11.3 Å². The van der Waals surface area contributed by atoms with E-state index in [4.69, 9.17) is 22.1 Å². The Labute approximate surface area is 196 Å². The molecule has 2 aromatic carbocycles. The lowest BCUT2D eigenvalue weighted by Crippen LogP contribution is -2.37. The van der Waals surface area contributed by atoms with Crippen molar-refractivity contribution in [1.29, 1.82) is 0 Å². The summed E-state index contributed by atoms with van der Waals surface area (Å²) in [5.74, 6) is -1.37. The third-order valence-corrected chi connectivity index (χ3v) is 6.80. The van der Waals surface area contributed by atoms with Crippen molar-refractivity contribution in [2.45, 2.75) is 23.8 Å². The average molecular weight is 498 g/mol. The maximum Gasteiger partial charge on any atom is 0.147 e. The number of halogens is 4. The summed E-state index contributed by atoms with van der Waals surface area (Å²) in [6.07, 6.45) is 3.31. The van der Waals surface area contributed by atoms with Gasteiger partial charge in [0, 0.05) is 29.5 Å². The monoisotopic (exact) mass is 497 g/mol. The van der Waals surface area contributed by atoms with Crippen LogP contribution in [0.2, 0.25) is 5.02 Å². The van der Waals surface area contributed by atoms with Crippen molar-refractivity contribution >= 4 is 46.3 Å². The smallest absolute Gasteiger partial charge is 0.147 e. The van der Waals surface area contributed by atoms with E-state index in [1.54, 1.807) is 10.9 Å². The Kier molecular flexibility index (Phi) is 7.30. The lowest BCUT2D eigenvalue weighted by atomic mass is 9.81. The number of hydrogen-bond donors (Lipinski definition) is 2. The molecule has 1 aromatic heterocycles. The van der Waals surface area contributed by atoms with Gasteiger partial charge in [0.2, 0.25) is 0 Å². The van der Waals surface area contributed by atoms with Crippen LogP contribution in [-0.2, 0) is 0 Å². The molecule has 0 saturated carbocycles. The van der Waals surface area contributed by atoms with Crippen LogP contribution in [-0.4, -0.2) is 17.6 Å². The van der Waals surface area contributed by atoms with Gasteiger partial charge >= 0.3 is 0 Å². The van der Waals surface area contributed by atoms with Crippen LogP contribution in [0.1, 0.15) is 18.4 Å². The van der Waals surface area contributed by atoms with Crippen LogP contribution in [0, 0.1) is 23.4 Å². The zero-order chi connectivity index (χ0) is 22.7. The zero-order valence-electron chi connectivity index (χ0n) is 16.7. The quantitative estimate of drug-likeness (QED) is 0.363. The normalized spacial score (nSPS) is 18.3. The number of nitrogens with zero attached hydrogens (tertiary/aromatic N) is 1. The molecule has 4 nitrogen and oxygen atoms in total. The number of ether oxygens (including phenoxy) is 1. The van der Waals surface area contributed by atoms with Crippen LogP contribution in [0.5, 0.6) is 5.75 Å². The highest BCUT2D eigenvalue weighted by molar-refractivity contribution is 8.00. The van der Waals surface area contributed by atoms with Crippen molar-refractivity contribution < 1.29 is 17.9 Å². The van der Waals surface area contributed by atoms with Gasteiger partial charge in [-0.1, -0.05) is 17.7 Å². The number of rotatable bonds is 7. The van der Waals surface area contributed by atoms with E-state index in [1.807, 2.05) is 6.08 Å². The van der Waals surface area contributed by atoms with Gasteiger partial charge in [0.25, 0.3) is 0 Å². The lowest BCUT2D eigenvalue weighted by Gasteiger charge is -2.30. The Morgan fingerprint density at radius 1 is 1.19 bits per heavy atom. The molecule has 4 rings (SSSR count). The molecule has 2 unspecified atom stereocenters. The van der Waals surface area contributed by atoms with Crippen LogP contribution in [0.3, 0.4) is 0 Å². The van der Waals surface area contributed by atoms with Gasteiger partial charge in [-0.05, 0) is 54.1 Å². The molecule has 3 aromatic rings. The average Bonchev–Trinajstić information content (AvgIpc) is 3.26. The van der Waals surface area contributed by atoms with E-state index in [0.717, 1.165) is 18.0 Å². The topological polar surface area (TPSA) is 60.2 Å². The maximum atomic E-state index is 14.6. The lowest BCUT2D eigenvalue weighted by molar-refractivity contribution is 0.252. The van der Waals surface area contributed by atoms with Crippen molar-refractivity contribution in [3.63, 3.8) is 0 Å². The van der Waals surface area contributed by atoms with E-state index in [9.17, 15) is 13.2 Å². The van der Waals surface area contributed by atoms with Crippen LogP contribution < -0.4 is 15.2 Å². The van der Waals surface area contributed by atoms with Gasteiger partial charge in [-0.25, -0.2) is 18.2 Å². The molecular formula is C22H19ClF3N3OS2. The number of hydrogen-bond acceptors (Lipinski definition) is 6. The molecule has 3 N–H and O–H groups in total. The highest BCUT2D eigenvalue weighted by atomic mass is 35.5. The molecule has 0 spiro atoms. The summed E-state index contributed by atoms with van der Waals surface area (Å²) < 4.78 is 50.9. The molecular weight excluding hydrogens is 479 g/mol. The maximum absolute atomic E-state index is 14.6. The summed E-state index contributed by atoms with van der Waals surface area (Å²) in [6, 6.07) is 5.77. The van der Waals surface area contributed by atoms with Crippen LogP contribution in [0.4, 0.5) is 19.0 Å². The summed E-state index contributed by atoms with van der Waals surface area (Å²) in [4.78, 5) is 4.37. The van der Waals surface area contributed by atoms with Gasteiger partial charge < -0.3 is 15.2 Å². The fourth-order valence-corrected chi connectivity index (χ4v) is 5.03. The highest BCUT2D eigenvalue weighted by Gasteiger charge is 2.28. The molecule has 0 radical (unpaired) electrons. The number of allylic oxidation sites excluding steroid dienone is 1. The standard InChI is InChI=1S/C22H19ClF3N3OS2/c23-17-7-21(32-29-22-10-31-11-28-22)18(26)8-20(17)30-9-16-15(2-1-3-19(16)27)12-4-13(24)6-14(25)5-12/h2,4-8,10-11,16,19,29H,1,3,9,27H2. The summed E-state index contributed by atoms with van der Waals surface area (Å²) in [7, 11) is 0. The molecule has 1 aliphatic rings. The molecule has 0 aliphatic heterocycles. The van der Waals surface area contributed by atoms with E-state index < -0.39 is 17.5 Å². The number of thiazole rings is 1.